The number of hydrogen-bond acceptors (Lipinski definition) is 9. The summed E-state index contributed by atoms with van der Waals surface area (Å²) in [7, 11) is 1.61. The van der Waals surface area contributed by atoms with E-state index in [-0.39, 0.29) is 31.8 Å². The molecule has 12 nitrogen and oxygen atoms in total. The van der Waals surface area contributed by atoms with E-state index in [1.165, 1.54) is 32.5 Å². The number of aliphatic hydroxyl groups is 2. The first-order valence-electron chi connectivity index (χ1n) is 16.8. The number of amides is 4. The molecule has 274 valence electrons. The number of nitrogens with zero attached hydrogens (tertiary/aromatic N) is 4. The van der Waals surface area contributed by atoms with Crippen molar-refractivity contribution in [2.75, 3.05) is 7.05 Å². The molecule has 0 saturated heterocycles. The van der Waals surface area contributed by atoms with Gasteiger partial charge in [0.1, 0.15) is 16.7 Å². The molecule has 4 aromatic rings. The van der Waals surface area contributed by atoms with Gasteiger partial charge in [0, 0.05) is 29.5 Å². The highest BCUT2D eigenvalue weighted by atomic mass is 32.1. The van der Waals surface area contributed by atoms with E-state index in [4.69, 9.17) is 0 Å². The smallest absolute Gasteiger partial charge is 0.407 e. The molecule has 0 radical (unpaired) electrons. The summed E-state index contributed by atoms with van der Waals surface area (Å²) in [4.78, 5) is 51.9. The predicted molar refractivity (Wildman–Crippen MR) is 198 cm³/mol. The Kier molecular flexibility index (Phi) is 14.1. The third kappa shape index (κ3) is 11.8. The predicted octanol–water partition coefficient (Wildman–Crippen LogP) is 5.26. The molecule has 4 rings (SSSR count). The van der Waals surface area contributed by atoms with Crippen LogP contribution in [0.5, 0.6) is 0 Å². The van der Waals surface area contributed by atoms with Crippen molar-refractivity contribution in [2.24, 2.45) is 5.92 Å². The highest BCUT2D eigenvalue weighted by molar-refractivity contribution is 7.10. The van der Waals surface area contributed by atoms with Crippen LogP contribution in [-0.2, 0) is 36.3 Å². The fourth-order valence-corrected chi connectivity index (χ4v) is 7.14. The van der Waals surface area contributed by atoms with E-state index in [0.29, 0.717) is 17.1 Å². The molecule has 2 aromatic heterocycles. The summed E-state index contributed by atoms with van der Waals surface area (Å²) in [6.45, 7) is 7.20. The topological polar surface area (TPSA) is 168 Å². The van der Waals surface area contributed by atoms with Gasteiger partial charge in [0.2, 0.25) is 5.91 Å². The molecule has 0 fully saturated rings. The highest BCUT2D eigenvalue weighted by Gasteiger charge is 2.34. The van der Waals surface area contributed by atoms with E-state index in [0.717, 1.165) is 16.0 Å². The molecule has 14 heteroatoms. The molecule has 0 bridgehead atoms. The second kappa shape index (κ2) is 18.2. The van der Waals surface area contributed by atoms with Gasteiger partial charge in [0.25, 0.3) is 0 Å². The molecule has 5 N–H and O–H groups in total. The van der Waals surface area contributed by atoms with Crippen molar-refractivity contribution >= 4 is 40.7 Å². The van der Waals surface area contributed by atoms with Gasteiger partial charge in [-0.2, -0.15) is 0 Å². The fourth-order valence-electron chi connectivity index (χ4n) is 5.71. The zero-order chi connectivity index (χ0) is 37.1. The molecule has 0 aliphatic rings. The average Bonchev–Trinajstić information content (AvgIpc) is 3.78. The van der Waals surface area contributed by atoms with E-state index in [2.05, 4.69) is 20.6 Å². The fraction of sp³-hybridized carbons (Fsp3) is 0.432. The molecule has 2 heterocycles. The van der Waals surface area contributed by atoms with E-state index in [1.54, 1.807) is 38.0 Å². The van der Waals surface area contributed by atoms with Gasteiger partial charge in [-0.25, -0.2) is 14.6 Å². The molecule has 0 spiro atoms. The molecular weight excluding hydrogens is 689 g/mol. The molecule has 0 aliphatic carbocycles. The molecule has 1 unspecified atom stereocenters. The molecular formula is C37H48N6O6S2. The van der Waals surface area contributed by atoms with E-state index >= 15 is 0 Å². The van der Waals surface area contributed by atoms with Gasteiger partial charge in [0.05, 0.1) is 36.4 Å². The zero-order valence-corrected chi connectivity index (χ0v) is 31.2. The van der Waals surface area contributed by atoms with Gasteiger partial charge in [-0.05, 0) is 50.2 Å². The van der Waals surface area contributed by atoms with Crippen LogP contribution in [0.1, 0.15) is 60.8 Å². The van der Waals surface area contributed by atoms with Gasteiger partial charge < -0.3 is 30.9 Å². The van der Waals surface area contributed by atoms with Gasteiger partial charge in [-0.1, -0.05) is 74.5 Å². The van der Waals surface area contributed by atoms with Crippen LogP contribution in [-0.4, -0.2) is 84.4 Å². The van der Waals surface area contributed by atoms with Crippen LogP contribution in [0.3, 0.4) is 0 Å². The van der Waals surface area contributed by atoms with Crippen LogP contribution < -0.4 is 10.6 Å². The summed E-state index contributed by atoms with van der Waals surface area (Å²) in [5, 5.41) is 40.8. The lowest BCUT2D eigenvalue weighted by Gasteiger charge is -2.35. The Morgan fingerprint density at radius 1 is 0.922 bits per heavy atom. The summed E-state index contributed by atoms with van der Waals surface area (Å²) in [5.74, 6) is -0.698. The Morgan fingerprint density at radius 2 is 1.55 bits per heavy atom. The van der Waals surface area contributed by atoms with Crippen LogP contribution in [0.2, 0.25) is 0 Å². The maximum atomic E-state index is 13.9. The number of aromatic nitrogens is 2. The lowest BCUT2D eigenvalue weighted by molar-refractivity contribution is -0.125. The van der Waals surface area contributed by atoms with Crippen LogP contribution in [0.15, 0.2) is 77.8 Å². The Labute approximate surface area is 307 Å². The van der Waals surface area contributed by atoms with Gasteiger partial charge in [0.15, 0.2) is 0 Å². The zero-order valence-electron chi connectivity index (χ0n) is 29.6. The minimum atomic E-state index is -1.17. The first-order valence-corrected chi connectivity index (χ1v) is 18.6. The molecule has 4 atom stereocenters. The van der Waals surface area contributed by atoms with Crippen LogP contribution >= 0.6 is 22.7 Å². The standard InChI is InChI=1S/C37H48N6O6S2/c1-24(2)32(41-35(46)42(5)20-28-22-50-34(40-28)37(3,4)49)33(45)39-27(16-25-12-8-6-9-13-25)18-31(44)30(17-26-14-10-7-11-15-26)43(36(47)48)21-29-19-38-23-51-29/h6-15,19,22-24,27,30-32,44,49H,16-18,20-21H2,1-5H3,(H,39,45)(H,41,46)(H,47,48)/t27-,30-,31-,32?/m0/s1. The number of carbonyl (C=O) groups excluding carboxylic acids is 2. The van der Waals surface area contributed by atoms with Crippen molar-refractivity contribution in [3.63, 3.8) is 0 Å². The first kappa shape index (κ1) is 39.4. The number of carboxylic acid groups (broad SMARTS) is 1. The van der Waals surface area contributed by atoms with E-state index < -0.39 is 47.9 Å². The number of nitrogens with one attached hydrogen (secondary N) is 2. The Bertz CT molecular complexity index is 1680. The van der Waals surface area contributed by atoms with Crippen molar-refractivity contribution in [1.29, 1.82) is 0 Å². The van der Waals surface area contributed by atoms with Crippen molar-refractivity contribution in [2.45, 2.75) is 89.9 Å². The SMILES string of the molecule is CC(C)C(NC(=O)N(C)Cc1csc(C(C)(C)O)n1)C(=O)N[C@@H](Cc1ccccc1)C[C@H](O)[C@H](Cc1ccccc1)N(Cc1cncs1)C(=O)O. The number of rotatable bonds is 17. The number of carbonyl (C=O) groups is 3. The van der Waals surface area contributed by atoms with Gasteiger partial charge in [-0.3, -0.25) is 14.7 Å². The summed E-state index contributed by atoms with van der Waals surface area (Å²) >= 11 is 2.65. The minimum absolute atomic E-state index is 0.0522. The van der Waals surface area contributed by atoms with E-state index in [1.807, 2.05) is 74.5 Å². The number of hydrogen-bond donors (Lipinski definition) is 5. The summed E-state index contributed by atoms with van der Waals surface area (Å²) in [5.41, 5.74) is 2.95. The molecule has 0 saturated carbocycles. The van der Waals surface area contributed by atoms with Crippen LogP contribution in [0, 0.1) is 5.92 Å². The highest BCUT2D eigenvalue weighted by Crippen LogP contribution is 2.24. The average molecular weight is 737 g/mol. The monoisotopic (exact) mass is 736 g/mol. The van der Waals surface area contributed by atoms with Gasteiger partial charge >= 0.3 is 12.1 Å². The summed E-state index contributed by atoms with van der Waals surface area (Å²) < 4.78 is 0. The largest absolute Gasteiger partial charge is 0.465 e. The van der Waals surface area contributed by atoms with Crippen molar-refractivity contribution < 1.29 is 29.7 Å². The second-order valence-corrected chi connectivity index (χ2v) is 15.4. The maximum absolute atomic E-state index is 13.9. The third-order valence-electron chi connectivity index (χ3n) is 8.43. The summed E-state index contributed by atoms with van der Waals surface area (Å²) in [6.07, 6.45) is -0.0354. The number of benzene rings is 2. The summed E-state index contributed by atoms with van der Waals surface area (Å²) in [6, 6.07) is 16.1. The normalized spacial score (nSPS) is 14.0. The maximum Gasteiger partial charge on any atom is 0.407 e. The van der Waals surface area contributed by atoms with Crippen molar-refractivity contribution in [3.8, 4) is 0 Å². The van der Waals surface area contributed by atoms with Crippen LogP contribution in [0.25, 0.3) is 0 Å². The Balaban J connectivity index is 1.53. The molecule has 0 aliphatic heterocycles. The van der Waals surface area contributed by atoms with Crippen molar-refractivity contribution in [3.05, 3.63) is 104 Å². The lowest BCUT2D eigenvalue weighted by atomic mass is 9.92. The quantitative estimate of drug-likeness (QED) is 0.0979. The lowest BCUT2D eigenvalue weighted by Crippen LogP contribution is -2.56. The van der Waals surface area contributed by atoms with Gasteiger partial charge in [-0.15, -0.1) is 22.7 Å². The first-order chi connectivity index (χ1) is 24.2. The second-order valence-electron chi connectivity index (χ2n) is 13.6. The minimum Gasteiger partial charge on any atom is -0.465 e. The van der Waals surface area contributed by atoms with Crippen molar-refractivity contribution in [1.82, 2.24) is 30.4 Å². The Hall–Kier alpha value is -4.37. The number of aliphatic hydroxyl groups excluding tert-OH is 1. The molecule has 2 aromatic carbocycles. The molecule has 51 heavy (non-hydrogen) atoms. The van der Waals surface area contributed by atoms with E-state index in [9.17, 15) is 29.7 Å². The number of urea groups is 1. The Morgan fingerprint density at radius 3 is 2.08 bits per heavy atom. The third-order valence-corrected chi connectivity index (χ3v) is 10.4. The van der Waals surface area contributed by atoms with Crippen LogP contribution in [0.4, 0.5) is 9.59 Å². The number of thiazole rings is 2. The molecule has 4 amide bonds.